The predicted octanol–water partition coefficient (Wildman–Crippen LogP) is 1.30. The molecule has 0 unspecified atom stereocenters. The first-order valence-corrected chi connectivity index (χ1v) is 5.29. The topological polar surface area (TPSA) is 74.8 Å². The average molecular weight is 232 g/mol. The molecule has 1 N–H and O–H groups in total. The van der Waals surface area contributed by atoms with Gasteiger partial charge in [-0.05, 0) is 5.56 Å². The van der Waals surface area contributed by atoms with Crippen molar-refractivity contribution in [3.63, 3.8) is 0 Å². The Morgan fingerprint density at radius 3 is 2.76 bits per heavy atom. The lowest BCUT2D eigenvalue weighted by molar-refractivity contribution is -0.0400. The molecule has 88 valence electrons. The molecular formula is C12H12N2O3. The van der Waals surface area contributed by atoms with Gasteiger partial charge >= 0.3 is 0 Å². The summed E-state index contributed by atoms with van der Waals surface area (Å²) in [6.45, 7) is 1.18. The second-order valence-corrected chi connectivity index (χ2v) is 3.59. The number of ether oxygens (including phenoxy) is 2. The molecule has 0 saturated carbocycles. The van der Waals surface area contributed by atoms with Gasteiger partial charge in [0.15, 0.2) is 12.0 Å². The van der Waals surface area contributed by atoms with Crippen molar-refractivity contribution in [1.29, 1.82) is 5.26 Å². The van der Waals surface area contributed by atoms with Crippen molar-refractivity contribution < 1.29 is 14.7 Å². The Balaban J connectivity index is 2.24. The number of nitriles is 1. The maximum Gasteiger partial charge on any atom is 0.186 e. The van der Waals surface area contributed by atoms with E-state index in [2.05, 4.69) is 5.16 Å². The molecule has 1 fully saturated rings. The Bertz CT molecular complexity index is 459. The van der Waals surface area contributed by atoms with Crippen LogP contribution in [-0.2, 0) is 15.9 Å². The summed E-state index contributed by atoms with van der Waals surface area (Å²) in [4.78, 5) is 0. The largest absolute Gasteiger partial charge is 0.410 e. The quantitative estimate of drug-likeness (QED) is 0.484. The summed E-state index contributed by atoms with van der Waals surface area (Å²) in [5, 5.41) is 20.6. The normalized spacial score (nSPS) is 17.0. The van der Waals surface area contributed by atoms with Gasteiger partial charge in [-0.15, -0.1) is 0 Å². The van der Waals surface area contributed by atoms with Crippen LogP contribution in [0.4, 0.5) is 0 Å². The zero-order valence-electron chi connectivity index (χ0n) is 9.17. The monoisotopic (exact) mass is 232 g/mol. The lowest BCUT2D eigenvalue weighted by atomic mass is 10.0. The molecule has 0 radical (unpaired) electrons. The van der Waals surface area contributed by atoms with Gasteiger partial charge in [0.1, 0.15) is 6.07 Å². The highest BCUT2D eigenvalue weighted by molar-refractivity contribution is 6.12. The van der Waals surface area contributed by atoms with Gasteiger partial charge in [0, 0.05) is 12.0 Å². The zero-order chi connectivity index (χ0) is 12.1. The van der Waals surface area contributed by atoms with E-state index >= 15 is 0 Å². The van der Waals surface area contributed by atoms with Crippen LogP contribution in [0, 0.1) is 11.3 Å². The van der Waals surface area contributed by atoms with Crippen LogP contribution < -0.4 is 0 Å². The van der Waals surface area contributed by atoms with E-state index in [1.54, 1.807) is 12.1 Å². The third-order valence-electron chi connectivity index (χ3n) is 2.56. The molecule has 1 aromatic carbocycles. The minimum atomic E-state index is -0.283. The van der Waals surface area contributed by atoms with Gasteiger partial charge in [-0.2, -0.15) is 5.26 Å². The third-order valence-corrected chi connectivity index (χ3v) is 2.56. The van der Waals surface area contributed by atoms with Crippen LogP contribution in [0.2, 0.25) is 0 Å². The molecule has 1 aliphatic rings. The fourth-order valence-corrected chi connectivity index (χ4v) is 1.77. The fraction of sp³-hybridized carbons (Fsp3) is 0.333. The molecule has 0 bridgehead atoms. The van der Waals surface area contributed by atoms with E-state index in [1.165, 1.54) is 0 Å². The van der Waals surface area contributed by atoms with E-state index in [0.29, 0.717) is 25.2 Å². The number of rotatable bonds is 3. The summed E-state index contributed by atoms with van der Waals surface area (Å²) in [6, 6.07) is 9.10. The first-order valence-electron chi connectivity index (χ1n) is 5.29. The van der Waals surface area contributed by atoms with Gasteiger partial charge in [0.2, 0.25) is 0 Å². The van der Waals surface area contributed by atoms with Gasteiger partial charge in [-0.25, -0.2) is 0 Å². The molecule has 1 aliphatic heterocycles. The summed E-state index contributed by atoms with van der Waals surface area (Å²) < 4.78 is 10.7. The molecule has 2 rings (SSSR count). The Kier molecular flexibility index (Phi) is 3.70. The van der Waals surface area contributed by atoms with Crippen molar-refractivity contribution in [3.05, 3.63) is 35.4 Å². The molecule has 0 spiro atoms. The Labute approximate surface area is 98.9 Å². The van der Waals surface area contributed by atoms with Crippen LogP contribution in [-0.4, -0.2) is 30.4 Å². The predicted molar refractivity (Wildman–Crippen MR) is 59.8 cm³/mol. The van der Waals surface area contributed by atoms with Crippen LogP contribution in [0.1, 0.15) is 11.1 Å². The number of benzene rings is 1. The summed E-state index contributed by atoms with van der Waals surface area (Å²) in [6.07, 6.45) is 0.256. The van der Waals surface area contributed by atoms with Crippen molar-refractivity contribution in [1.82, 2.24) is 0 Å². The molecule has 0 aliphatic carbocycles. The molecule has 0 amide bonds. The van der Waals surface area contributed by atoms with Crippen molar-refractivity contribution in [2.24, 2.45) is 5.16 Å². The molecule has 5 nitrogen and oxygen atoms in total. The number of hydrogen-bond donors (Lipinski definition) is 1. The van der Waals surface area contributed by atoms with Gasteiger partial charge in [-0.1, -0.05) is 29.4 Å². The second-order valence-electron chi connectivity index (χ2n) is 3.59. The van der Waals surface area contributed by atoms with E-state index in [1.807, 2.05) is 18.2 Å². The Morgan fingerprint density at radius 2 is 2.12 bits per heavy atom. The van der Waals surface area contributed by atoms with E-state index < -0.39 is 0 Å². The van der Waals surface area contributed by atoms with E-state index in [0.717, 1.165) is 5.56 Å². The molecular weight excluding hydrogens is 220 g/mol. The Morgan fingerprint density at radius 1 is 1.41 bits per heavy atom. The standard InChI is InChI=1S/C12H12N2O3/c13-8-11(14-15)10-4-2-1-3-9(10)7-12-16-5-6-17-12/h1-4,12,15H,5-7H2. The highest BCUT2D eigenvalue weighted by Gasteiger charge is 2.19. The van der Waals surface area contributed by atoms with Crippen molar-refractivity contribution in [2.45, 2.75) is 12.7 Å². The minimum Gasteiger partial charge on any atom is -0.410 e. The van der Waals surface area contributed by atoms with Gasteiger partial charge in [0.25, 0.3) is 0 Å². The third kappa shape index (κ3) is 2.61. The zero-order valence-corrected chi connectivity index (χ0v) is 9.17. The SMILES string of the molecule is N#CC(=NO)c1ccccc1CC1OCCO1. The lowest BCUT2D eigenvalue weighted by Crippen LogP contribution is -2.14. The molecule has 0 atom stereocenters. The maximum atomic E-state index is 8.86. The summed E-state index contributed by atoms with van der Waals surface area (Å²) >= 11 is 0. The molecule has 0 aromatic heterocycles. The van der Waals surface area contributed by atoms with Crippen LogP contribution in [0.5, 0.6) is 0 Å². The number of nitrogens with zero attached hydrogens (tertiary/aromatic N) is 2. The first-order chi connectivity index (χ1) is 8.35. The van der Waals surface area contributed by atoms with Crippen LogP contribution >= 0.6 is 0 Å². The van der Waals surface area contributed by atoms with Crippen molar-refractivity contribution >= 4 is 5.71 Å². The molecule has 1 aromatic rings. The average Bonchev–Trinajstić information content (AvgIpc) is 2.86. The van der Waals surface area contributed by atoms with Crippen LogP contribution in [0.15, 0.2) is 29.4 Å². The van der Waals surface area contributed by atoms with Crippen LogP contribution in [0.25, 0.3) is 0 Å². The van der Waals surface area contributed by atoms with Gasteiger partial charge in [-0.3, -0.25) is 0 Å². The maximum absolute atomic E-state index is 8.86. The molecule has 5 heteroatoms. The van der Waals surface area contributed by atoms with Crippen molar-refractivity contribution in [2.75, 3.05) is 13.2 Å². The van der Waals surface area contributed by atoms with E-state index in [4.69, 9.17) is 19.9 Å². The molecule has 1 saturated heterocycles. The minimum absolute atomic E-state index is 0.00130. The summed E-state index contributed by atoms with van der Waals surface area (Å²) in [7, 11) is 0. The van der Waals surface area contributed by atoms with Gasteiger partial charge < -0.3 is 14.7 Å². The highest BCUT2D eigenvalue weighted by atomic mass is 16.7. The number of hydrogen-bond acceptors (Lipinski definition) is 5. The van der Waals surface area contributed by atoms with Crippen molar-refractivity contribution in [3.8, 4) is 6.07 Å². The highest BCUT2D eigenvalue weighted by Crippen LogP contribution is 2.16. The van der Waals surface area contributed by atoms with Crippen LogP contribution in [0.3, 0.4) is 0 Å². The van der Waals surface area contributed by atoms with E-state index in [-0.39, 0.29) is 12.0 Å². The summed E-state index contributed by atoms with van der Waals surface area (Å²) in [5.74, 6) is 0. The first kappa shape index (κ1) is 11.6. The lowest BCUT2D eigenvalue weighted by Gasteiger charge is -2.11. The summed E-state index contributed by atoms with van der Waals surface area (Å²) in [5.41, 5.74) is 1.48. The fourth-order valence-electron chi connectivity index (χ4n) is 1.77. The van der Waals surface area contributed by atoms with Gasteiger partial charge in [0.05, 0.1) is 13.2 Å². The molecule has 1 heterocycles. The Hall–Kier alpha value is -1.90. The molecule has 17 heavy (non-hydrogen) atoms. The van der Waals surface area contributed by atoms with E-state index in [9.17, 15) is 0 Å². The smallest absolute Gasteiger partial charge is 0.186 e. The number of oxime groups is 1. The second kappa shape index (κ2) is 5.43.